The maximum atomic E-state index is 9.92. The van der Waals surface area contributed by atoms with Crippen molar-refractivity contribution in [2.45, 2.75) is 96.8 Å². The average Bonchev–Trinajstić information content (AvgIpc) is 2.43. The maximum Gasteiger partial charge on any atom is 1.00 e. The minimum Gasteiger partial charge on any atom is -1.00 e. The Morgan fingerprint density at radius 3 is 1.40 bits per heavy atom. The quantitative estimate of drug-likeness (QED) is 0.248. The summed E-state index contributed by atoms with van der Waals surface area (Å²) in [6, 6.07) is 0. The Morgan fingerprint density at radius 1 is 0.700 bits per heavy atom. The van der Waals surface area contributed by atoms with Gasteiger partial charge in [-0.3, -0.25) is 4.79 Å². The van der Waals surface area contributed by atoms with Crippen molar-refractivity contribution in [1.82, 2.24) is 0 Å². The number of carbonyl (C=O) groups is 1. The molecule has 0 radical (unpaired) electrons. The van der Waals surface area contributed by atoms with E-state index in [1.54, 1.807) is 0 Å². The van der Waals surface area contributed by atoms with Crippen molar-refractivity contribution in [1.29, 1.82) is 0 Å². The smallest absolute Gasteiger partial charge is 1.00 e. The van der Waals surface area contributed by atoms with Crippen molar-refractivity contribution < 1.29 is 40.5 Å². The van der Waals surface area contributed by atoms with Crippen LogP contribution in [0.5, 0.6) is 0 Å². The third-order valence-electron chi connectivity index (χ3n) is 3.68. The van der Waals surface area contributed by atoms with E-state index in [1.165, 1.54) is 83.5 Å². The largest absolute Gasteiger partial charge is 1.00 e. The van der Waals surface area contributed by atoms with E-state index in [2.05, 4.69) is 11.7 Å². The molecule has 116 valence electrons. The molecule has 0 heterocycles. The predicted octanol–water partition coefficient (Wildman–Crippen LogP) is 2.76. The first-order valence-electron chi connectivity index (χ1n) is 8.47. The van der Waals surface area contributed by atoms with Crippen LogP contribution in [0, 0.1) is 0 Å². The number of carbonyl (C=O) groups excluding carboxylic acids is 1. The monoisotopic (exact) mass is 294 g/mol. The number of hydrogen-bond acceptors (Lipinski definition) is 2. The van der Waals surface area contributed by atoms with Crippen LogP contribution >= 0.6 is 0 Å². The van der Waals surface area contributed by atoms with Crippen molar-refractivity contribution in [2.75, 3.05) is 6.61 Å². The summed E-state index contributed by atoms with van der Waals surface area (Å²) in [5.74, 6) is 0. The van der Waals surface area contributed by atoms with E-state index in [1.807, 2.05) is 0 Å². The van der Waals surface area contributed by atoms with Gasteiger partial charge in [-0.1, -0.05) is 90.4 Å². The molecule has 0 aliphatic heterocycles. The van der Waals surface area contributed by atoms with Crippen molar-refractivity contribution in [3.8, 4) is 0 Å². The molecule has 0 rings (SSSR count). The molecule has 0 aromatic carbocycles. The fraction of sp³-hybridized carbons (Fsp3) is 0.941. The second-order valence-electron chi connectivity index (χ2n) is 5.56. The normalized spacial score (nSPS) is 10.1. The first-order chi connectivity index (χ1) is 9.41. The number of ether oxygens (including phenoxy) is 1. The summed E-state index contributed by atoms with van der Waals surface area (Å²) in [7, 11) is 0. The van der Waals surface area contributed by atoms with E-state index in [0.29, 0.717) is 13.1 Å². The van der Waals surface area contributed by atoms with Crippen LogP contribution in [0.1, 0.15) is 98.2 Å². The molecular weight excluding hydrogens is 259 g/mol. The number of unbranched alkanes of at least 4 members (excludes halogenated alkanes) is 13. The molecule has 0 saturated heterocycles. The molecule has 0 amide bonds. The molecule has 0 bridgehead atoms. The molecule has 0 aliphatic rings. The van der Waals surface area contributed by atoms with Crippen molar-refractivity contribution in [2.24, 2.45) is 0 Å². The zero-order valence-electron chi connectivity index (χ0n) is 15.0. The van der Waals surface area contributed by atoms with Crippen LogP contribution in [-0.4, -0.2) is 13.1 Å². The fourth-order valence-electron chi connectivity index (χ4n) is 2.43. The summed E-state index contributed by atoms with van der Waals surface area (Å²) in [6.45, 7) is 3.42. The second-order valence-corrected chi connectivity index (χ2v) is 5.56. The van der Waals surface area contributed by atoms with Gasteiger partial charge >= 0.3 is 29.6 Å². The Bertz CT molecular complexity index is 180. The number of rotatable bonds is 16. The third kappa shape index (κ3) is 20.8. The molecule has 3 heteroatoms. The van der Waals surface area contributed by atoms with Crippen LogP contribution in [0.2, 0.25) is 0 Å². The van der Waals surface area contributed by atoms with Gasteiger partial charge in [0.1, 0.15) is 0 Å². The van der Waals surface area contributed by atoms with Crippen LogP contribution < -0.4 is 29.6 Å². The molecule has 0 aromatic rings. The van der Waals surface area contributed by atoms with Gasteiger partial charge in [0, 0.05) is 0 Å². The molecule has 20 heavy (non-hydrogen) atoms. The maximum absolute atomic E-state index is 9.92. The van der Waals surface area contributed by atoms with E-state index < -0.39 is 0 Å². The Labute approximate surface area is 150 Å². The van der Waals surface area contributed by atoms with Gasteiger partial charge in [0.2, 0.25) is 0 Å². The molecule has 0 aromatic heterocycles. The van der Waals surface area contributed by atoms with Crippen molar-refractivity contribution in [3.05, 3.63) is 0 Å². The van der Waals surface area contributed by atoms with Gasteiger partial charge in [-0.25, -0.2) is 0 Å². The Hall–Kier alpha value is 0.470. The molecular formula is C17H35NaO2. The minimum absolute atomic E-state index is 0. The second kappa shape index (κ2) is 21.8. The first-order valence-corrected chi connectivity index (χ1v) is 8.47. The molecule has 0 fully saturated rings. The molecule has 0 N–H and O–H groups in total. The average molecular weight is 294 g/mol. The van der Waals surface area contributed by atoms with E-state index in [-0.39, 0.29) is 31.0 Å². The molecule has 2 nitrogen and oxygen atoms in total. The van der Waals surface area contributed by atoms with Gasteiger partial charge in [-0.05, 0) is 6.42 Å². The van der Waals surface area contributed by atoms with Crippen LogP contribution in [0.3, 0.4) is 0 Å². The van der Waals surface area contributed by atoms with Gasteiger partial charge in [-0.15, -0.1) is 0 Å². The van der Waals surface area contributed by atoms with Gasteiger partial charge in [-0.2, -0.15) is 0 Å². The zero-order valence-corrected chi connectivity index (χ0v) is 16.0. The van der Waals surface area contributed by atoms with Crippen LogP contribution in [0.15, 0.2) is 0 Å². The summed E-state index contributed by atoms with van der Waals surface area (Å²) >= 11 is 0. The summed E-state index contributed by atoms with van der Waals surface area (Å²) in [5, 5.41) is 0. The Kier molecular flexibility index (Phi) is 24.8. The molecule has 0 atom stereocenters. The Morgan fingerprint density at radius 2 is 1.05 bits per heavy atom. The van der Waals surface area contributed by atoms with Gasteiger partial charge in [0.05, 0.1) is 6.61 Å². The summed E-state index contributed by atoms with van der Waals surface area (Å²) in [5.41, 5.74) is 0. The van der Waals surface area contributed by atoms with E-state index in [4.69, 9.17) is 0 Å². The van der Waals surface area contributed by atoms with E-state index in [0.717, 1.165) is 6.42 Å². The summed E-state index contributed by atoms with van der Waals surface area (Å²) < 4.78 is 4.66. The van der Waals surface area contributed by atoms with Crippen LogP contribution in [0.4, 0.5) is 0 Å². The minimum atomic E-state index is 0. The predicted molar refractivity (Wildman–Crippen MR) is 83.4 cm³/mol. The van der Waals surface area contributed by atoms with E-state index >= 15 is 0 Å². The number of hydrogen-bond donors (Lipinski definition) is 0. The van der Waals surface area contributed by atoms with Crippen molar-refractivity contribution >= 4 is 6.47 Å². The van der Waals surface area contributed by atoms with Crippen LogP contribution in [-0.2, 0) is 9.53 Å². The fourth-order valence-corrected chi connectivity index (χ4v) is 2.43. The van der Waals surface area contributed by atoms with Crippen LogP contribution in [0.25, 0.3) is 0 Å². The molecule has 0 spiro atoms. The van der Waals surface area contributed by atoms with Gasteiger partial charge in [0.15, 0.2) is 0 Å². The molecule has 0 unspecified atom stereocenters. The topological polar surface area (TPSA) is 26.3 Å². The first kappa shape index (κ1) is 22.7. The van der Waals surface area contributed by atoms with Gasteiger partial charge < -0.3 is 6.16 Å². The summed E-state index contributed by atoms with van der Waals surface area (Å²) in [4.78, 5) is 9.92. The molecule has 0 aliphatic carbocycles. The standard InChI is InChI=1S/C17H34O2.Na.H/c1-2-3-4-5-6-7-8-9-10-11-12-13-14-15-16-19-17-18;;/h17H,2-16H2,1H3;;/q;+1;-1. The molecule has 0 saturated carbocycles. The van der Waals surface area contributed by atoms with Gasteiger partial charge in [0.25, 0.3) is 6.47 Å². The zero-order chi connectivity index (χ0) is 14.0. The SMILES string of the molecule is CCCCCCCCCCCCCCCCOC=O.[H-].[Na+]. The Balaban J connectivity index is -0.00000162. The van der Waals surface area contributed by atoms with E-state index in [9.17, 15) is 4.79 Å². The third-order valence-corrected chi connectivity index (χ3v) is 3.68. The summed E-state index contributed by atoms with van der Waals surface area (Å²) in [6.07, 6.45) is 19.0. The van der Waals surface area contributed by atoms with Crippen molar-refractivity contribution in [3.63, 3.8) is 0 Å².